The maximum absolute atomic E-state index is 12.5. The van der Waals surface area contributed by atoms with Crippen LogP contribution in [0.2, 0.25) is 0 Å². The van der Waals surface area contributed by atoms with Gasteiger partial charge in [-0.15, -0.1) is 0 Å². The molecule has 140 valence electrons. The van der Waals surface area contributed by atoms with E-state index >= 15 is 0 Å². The quantitative estimate of drug-likeness (QED) is 0.795. The van der Waals surface area contributed by atoms with Crippen LogP contribution >= 0.6 is 0 Å². The molecule has 1 amide bonds. The summed E-state index contributed by atoms with van der Waals surface area (Å²) in [5.74, 6) is -1.17. The summed E-state index contributed by atoms with van der Waals surface area (Å²) in [6.07, 6.45) is -2.79. The topological polar surface area (TPSA) is 78.8 Å². The number of hydrogen-bond acceptors (Lipinski definition) is 6. The van der Waals surface area contributed by atoms with Gasteiger partial charge in [-0.05, 0) is 13.8 Å². The second kappa shape index (κ2) is 7.52. The molecular formula is C15H21F3N4O3. The summed E-state index contributed by atoms with van der Waals surface area (Å²) < 4.78 is 42.6. The van der Waals surface area contributed by atoms with Crippen molar-refractivity contribution in [2.45, 2.75) is 32.2 Å². The zero-order valence-corrected chi connectivity index (χ0v) is 14.1. The molecule has 0 aromatic carbocycles. The van der Waals surface area contributed by atoms with Crippen LogP contribution in [0.1, 0.15) is 25.8 Å². The molecule has 0 bridgehead atoms. The van der Waals surface area contributed by atoms with E-state index in [1.54, 1.807) is 9.80 Å². The lowest BCUT2D eigenvalue weighted by atomic mass is 10.3. The highest BCUT2D eigenvalue weighted by Crippen LogP contribution is 2.28. The Hall–Kier alpha value is -1.94. The fraction of sp³-hybridized carbons (Fsp3) is 0.667. The summed E-state index contributed by atoms with van der Waals surface area (Å²) >= 11 is 0. The number of aromatic nitrogens is 2. The fourth-order valence-electron chi connectivity index (χ4n) is 2.33. The monoisotopic (exact) mass is 362 g/mol. The maximum Gasteiger partial charge on any atom is 0.419 e. The van der Waals surface area contributed by atoms with E-state index in [9.17, 15) is 23.1 Å². The van der Waals surface area contributed by atoms with Crippen LogP contribution in [-0.2, 0) is 15.7 Å². The van der Waals surface area contributed by atoms with Gasteiger partial charge in [0.05, 0.1) is 18.6 Å². The third-order valence-corrected chi connectivity index (χ3v) is 3.65. The van der Waals surface area contributed by atoms with Gasteiger partial charge in [-0.25, -0.2) is 9.97 Å². The zero-order chi connectivity index (χ0) is 18.7. The lowest BCUT2D eigenvalue weighted by Crippen LogP contribution is -2.49. The molecule has 0 aliphatic carbocycles. The number of anilines is 1. The van der Waals surface area contributed by atoms with Gasteiger partial charge in [0.1, 0.15) is 0 Å². The molecule has 1 aliphatic heterocycles. The van der Waals surface area contributed by atoms with Crippen LogP contribution in [0.3, 0.4) is 0 Å². The molecule has 2 rings (SSSR count). The van der Waals surface area contributed by atoms with E-state index in [0.717, 1.165) is 12.4 Å². The molecule has 1 aromatic heterocycles. The molecule has 0 spiro atoms. The van der Waals surface area contributed by atoms with E-state index in [1.165, 1.54) is 13.8 Å². The van der Waals surface area contributed by atoms with Crippen LogP contribution in [0.4, 0.5) is 19.1 Å². The van der Waals surface area contributed by atoms with Crippen LogP contribution in [0.5, 0.6) is 0 Å². The van der Waals surface area contributed by atoms with Gasteiger partial charge in [-0.1, -0.05) is 0 Å². The largest absolute Gasteiger partial charge is 0.419 e. The van der Waals surface area contributed by atoms with E-state index in [-0.39, 0.29) is 24.9 Å². The zero-order valence-electron chi connectivity index (χ0n) is 14.1. The number of ether oxygens (including phenoxy) is 1. The first-order valence-electron chi connectivity index (χ1n) is 7.84. The standard InChI is InChI=1S/C15H21F3N4O3/c1-14(2,24)25-8-3-12(23)21-4-6-22(7-5-21)13-19-9-11(10-20-13)15(16,17)18/h9-10,24H,3-8H2,1-2H3. The highest BCUT2D eigenvalue weighted by molar-refractivity contribution is 5.76. The lowest BCUT2D eigenvalue weighted by molar-refractivity contribution is -0.178. The van der Waals surface area contributed by atoms with Gasteiger partial charge in [-0.3, -0.25) is 4.79 Å². The first kappa shape index (κ1) is 19.4. The number of aliphatic hydroxyl groups is 1. The predicted molar refractivity (Wildman–Crippen MR) is 82.7 cm³/mol. The second-order valence-corrected chi connectivity index (χ2v) is 6.18. The van der Waals surface area contributed by atoms with E-state index in [0.29, 0.717) is 26.2 Å². The molecule has 0 saturated carbocycles. The van der Waals surface area contributed by atoms with E-state index in [1.807, 2.05) is 0 Å². The Balaban J connectivity index is 1.82. The summed E-state index contributed by atoms with van der Waals surface area (Å²) in [5.41, 5.74) is -0.892. The molecule has 1 aromatic rings. The van der Waals surface area contributed by atoms with Crippen LogP contribution in [-0.4, -0.2) is 64.5 Å². The minimum Gasteiger partial charge on any atom is -0.366 e. The molecule has 25 heavy (non-hydrogen) atoms. The Bertz CT molecular complexity index is 579. The van der Waals surface area contributed by atoms with Crippen molar-refractivity contribution < 1.29 is 27.8 Å². The second-order valence-electron chi connectivity index (χ2n) is 6.18. The molecule has 1 saturated heterocycles. The van der Waals surface area contributed by atoms with Crippen molar-refractivity contribution in [3.8, 4) is 0 Å². The van der Waals surface area contributed by atoms with Crippen molar-refractivity contribution in [2.24, 2.45) is 0 Å². The summed E-state index contributed by atoms with van der Waals surface area (Å²) in [4.78, 5) is 23.0. The van der Waals surface area contributed by atoms with Gasteiger partial charge in [0.2, 0.25) is 11.9 Å². The molecule has 0 atom stereocenters. The molecule has 10 heteroatoms. The average molecular weight is 362 g/mol. The Morgan fingerprint density at radius 3 is 2.24 bits per heavy atom. The van der Waals surface area contributed by atoms with Gasteiger partial charge >= 0.3 is 6.18 Å². The number of alkyl halides is 3. The van der Waals surface area contributed by atoms with Crippen LogP contribution < -0.4 is 4.90 Å². The van der Waals surface area contributed by atoms with Crippen LogP contribution in [0.15, 0.2) is 12.4 Å². The number of piperazine rings is 1. The van der Waals surface area contributed by atoms with Crippen LogP contribution in [0.25, 0.3) is 0 Å². The normalized spacial score (nSPS) is 16.2. The molecule has 2 heterocycles. The van der Waals surface area contributed by atoms with Gasteiger partial charge in [0.25, 0.3) is 0 Å². The highest BCUT2D eigenvalue weighted by Gasteiger charge is 2.32. The summed E-state index contributed by atoms with van der Waals surface area (Å²) in [5, 5.41) is 9.43. The van der Waals surface area contributed by atoms with Crippen molar-refractivity contribution in [1.82, 2.24) is 14.9 Å². The van der Waals surface area contributed by atoms with Gasteiger partial charge in [0, 0.05) is 38.6 Å². The average Bonchev–Trinajstić information content (AvgIpc) is 2.53. The number of carbonyl (C=O) groups is 1. The SMILES string of the molecule is CC(C)(O)OCCC(=O)N1CCN(c2ncc(C(F)(F)F)cn2)CC1. The minimum atomic E-state index is -4.46. The minimum absolute atomic E-state index is 0.0998. The molecule has 1 N–H and O–H groups in total. The van der Waals surface area contributed by atoms with E-state index < -0.39 is 17.5 Å². The van der Waals surface area contributed by atoms with Crippen molar-refractivity contribution in [1.29, 1.82) is 0 Å². The van der Waals surface area contributed by atoms with E-state index in [2.05, 4.69) is 9.97 Å². The first-order valence-corrected chi connectivity index (χ1v) is 7.84. The third-order valence-electron chi connectivity index (χ3n) is 3.65. The maximum atomic E-state index is 12.5. The predicted octanol–water partition coefficient (Wildman–Crippen LogP) is 1.28. The van der Waals surface area contributed by atoms with Crippen LogP contribution in [0, 0.1) is 0 Å². The Labute approximate surface area is 143 Å². The summed E-state index contributed by atoms with van der Waals surface area (Å²) in [7, 11) is 0. The smallest absolute Gasteiger partial charge is 0.366 e. The molecule has 7 nitrogen and oxygen atoms in total. The third kappa shape index (κ3) is 5.82. The van der Waals surface area contributed by atoms with Crippen molar-refractivity contribution in [3.05, 3.63) is 18.0 Å². The Kier molecular flexibility index (Phi) is 5.83. The number of hydrogen-bond donors (Lipinski definition) is 1. The number of amides is 1. The van der Waals surface area contributed by atoms with Crippen molar-refractivity contribution in [2.75, 3.05) is 37.7 Å². The van der Waals surface area contributed by atoms with E-state index in [4.69, 9.17) is 4.74 Å². The number of rotatable bonds is 5. The van der Waals surface area contributed by atoms with Crippen molar-refractivity contribution in [3.63, 3.8) is 0 Å². The van der Waals surface area contributed by atoms with Gasteiger partial charge in [0.15, 0.2) is 5.79 Å². The molecule has 0 unspecified atom stereocenters. The molecular weight excluding hydrogens is 341 g/mol. The van der Waals surface area contributed by atoms with Gasteiger partial charge in [-0.2, -0.15) is 13.2 Å². The first-order chi connectivity index (χ1) is 11.6. The number of carbonyl (C=O) groups excluding carboxylic acids is 1. The highest BCUT2D eigenvalue weighted by atomic mass is 19.4. The van der Waals surface area contributed by atoms with Crippen molar-refractivity contribution >= 4 is 11.9 Å². The lowest BCUT2D eigenvalue weighted by Gasteiger charge is -2.35. The van der Waals surface area contributed by atoms with Gasteiger partial charge < -0.3 is 19.6 Å². The number of nitrogens with zero attached hydrogens (tertiary/aromatic N) is 4. The molecule has 1 aliphatic rings. The summed E-state index contributed by atoms with van der Waals surface area (Å²) in [6, 6.07) is 0. The molecule has 1 fully saturated rings. The Morgan fingerprint density at radius 2 is 1.76 bits per heavy atom. The fourth-order valence-corrected chi connectivity index (χ4v) is 2.33. The Morgan fingerprint density at radius 1 is 1.20 bits per heavy atom. The summed E-state index contributed by atoms with van der Waals surface area (Å²) in [6.45, 7) is 4.80. The molecule has 0 radical (unpaired) electrons. The number of halogens is 3.